The lowest BCUT2D eigenvalue weighted by Gasteiger charge is -2.44. The number of carboxylic acids is 1. The van der Waals surface area contributed by atoms with Gasteiger partial charge in [0, 0.05) is 56.1 Å². The van der Waals surface area contributed by atoms with Crippen molar-refractivity contribution < 1.29 is 23.4 Å². The van der Waals surface area contributed by atoms with Gasteiger partial charge in [0.1, 0.15) is 11.9 Å². The van der Waals surface area contributed by atoms with E-state index in [4.69, 9.17) is 4.74 Å². The first kappa shape index (κ1) is 23.3. The Hall–Kier alpha value is -1.89. The van der Waals surface area contributed by atoms with Crippen LogP contribution >= 0.6 is 0 Å². The van der Waals surface area contributed by atoms with E-state index < -0.39 is 11.9 Å². The van der Waals surface area contributed by atoms with Crippen LogP contribution < -0.4 is 9.64 Å². The lowest BCUT2D eigenvalue weighted by Crippen LogP contribution is -2.50. The van der Waals surface area contributed by atoms with Crippen LogP contribution in [0.1, 0.15) is 80.6 Å². The van der Waals surface area contributed by atoms with Gasteiger partial charge in [-0.2, -0.15) is 0 Å². The highest BCUT2D eigenvalue weighted by Gasteiger charge is 2.38. The van der Waals surface area contributed by atoms with Crippen LogP contribution in [0, 0.1) is 6.92 Å². The molecule has 0 amide bonds. The maximum absolute atomic E-state index is 13.7. The van der Waals surface area contributed by atoms with Crippen molar-refractivity contribution in [2.24, 2.45) is 0 Å². The Bertz CT molecular complexity index is 810. The summed E-state index contributed by atoms with van der Waals surface area (Å²) < 4.78 is 33.6. The van der Waals surface area contributed by atoms with E-state index in [1.165, 1.54) is 32.4 Å². The molecule has 1 aromatic carbocycles. The molecule has 5 nitrogen and oxygen atoms in total. The van der Waals surface area contributed by atoms with E-state index in [2.05, 4.69) is 9.80 Å². The molecule has 3 fully saturated rings. The molecule has 2 saturated carbocycles. The lowest BCUT2D eigenvalue weighted by molar-refractivity contribution is -0.0380. The minimum Gasteiger partial charge on any atom is -0.490 e. The Labute approximate surface area is 189 Å². The summed E-state index contributed by atoms with van der Waals surface area (Å²) in [6.45, 7) is 6.77. The summed E-state index contributed by atoms with van der Waals surface area (Å²) in [6.07, 6.45) is 6.49. The van der Waals surface area contributed by atoms with Crippen molar-refractivity contribution in [2.75, 3.05) is 24.5 Å². The third-order valence-corrected chi connectivity index (χ3v) is 7.64. The van der Waals surface area contributed by atoms with Crippen LogP contribution in [0.2, 0.25) is 0 Å². The largest absolute Gasteiger partial charge is 0.490 e. The van der Waals surface area contributed by atoms with Crippen molar-refractivity contribution in [3.63, 3.8) is 0 Å². The molecule has 0 aromatic heterocycles. The second-order valence-corrected chi connectivity index (χ2v) is 9.75. The van der Waals surface area contributed by atoms with Gasteiger partial charge in [0.25, 0.3) is 0 Å². The number of rotatable bonds is 7. The Morgan fingerprint density at radius 1 is 1.19 bits per heavy atom. The second-order valence-electron chi connectivity index (χ2n) is 9.75. The van der Waals surface area contributed by atoms with E-state index in [0.29, 0.717) is 36.7 Å². The van der Waals surface area contributed by atoms with Crippen LogP contribution in [-0.2, 0) is 0 Å². The molecule has 1 heterocycles. The number of halogens is 2. The third kappa shape index (κ3) is 5.03. The molecule has 7 heteroatoms. The smallest absolute Gasteiger partial charge is 0.336 e. The Morgan fingerprint density at radius 2 is 1.84 bits per heavy atom. The molecule has 3 aliphatic rings. The zero-order valence-corrected chi connectivity index (χ0v) is 19.3. The number of aromatic carboxylic acids is 1. The summed E-state index contributed by atoms with van der Waals surface area (Å²) in [4.78, 5) is 16.6. The highest BCUT2D eigenvalue weighted by atomic mass is 19.3. The number of carbonyl (C=O) groups is 1. The van der Waals surface area contributed by atoms with Crippen molar-refractivity contribution in [3.8, 4) is 5.75 Å². The predicted octanol–water partition coefficient (Wildman–Crippen LogP) is 5.49. The van der Waals surface area contributed by atoms with Gasteiger partial charge in [-0.25, -0.2) is 13.6 Å². The summed E-state index contributed by atoms with van der Waals surface area (Å²) in [5, 5.41) is 9.79. The van der Waals surface area contributed by atoms with Gasteiger partial charge >= 0.3 is 5.97 Å². The first-order chi connectivity index (χ1) is 15.3. The Kier molecular flexibility index (Phi) is 6.94. The number of alkyl halides is 2. The fourth-order valence-corrected chi connectivity index (χ4v) is 5.63. The monoisotopic (exact) mass is 450 g/mol. The average molecular weight is 451 g/mol. The number of piperidine rings is 1. The summed E-state index contributed by atoms with van der Waals surface area (Å²) in [5.41, 5.74) is 1.69. The van der Waals surface area contributed by atoms with Crippen molar-refractivity contribution in [1.29, 1.82) is 0 Å². The van der Waals surface area contributed by atoms with Crippen molar-refractivity contribution >= 4 is 11.7 Å². The van der Waals surface area contributed by atoms with Gasteiger partial charge in [-0.3, -0.25) is 0 Å². The highest BCUT2D eigenvalue weighted by Crippen LogP contribution is 2.40. The van der Waals surface area contributed by atoms with Crippen molar-refractivity contribution in [3.05, 3.63) is 23.3 Å². The van der Waals surface area contributed by atoms with E-state index in [1.807, 2.05) is 13.0 Å². The molecule has 0 spiro atoms. The molecule has 0 atom stereocenters. The lowest BCUT2D eigenvalue weighted by atomic mass is 9.86. The second kappa shape index (κ2) is 9.54. The quantitative estimate of drug-likeness (QED) is 0.595. The molecule has 1 aliphatic heterocycles. The standard InChI is InChI=1S/C25H36F2N2O3/c1-3-29(18-7-9-25(26,27)10-8-18)23-16-21(15-22(17(23)2)24(30)31)32-20-13-19(14-20)28-11-5-4-6-12-28/h15-16,18-20H,3-14H2,1-2H3,(H,30,31). The number of ether oxygens (including phenoxy) is 1. The van der Waals surface area contributed by atoms with Crippen molar-refractivity contribution in [2.45, 2.75) is 95.7 Å². The molecule has 32 heavy (non-hydrogen) atoms. The normalized spacial score (nSPS) is 26.4. The van der Waals surface area contributed by atoms with Crippen LogP contribution in [-0.4, -0.2) is 59.7 Å². The molecule has 2 aliphatic carbocycles. The molecule has 0 radical (unpaired) electrons. The van der Waals surface area contributed by atoms with Gasteiger partial charge < -0.3 is 19.6 Å². The van der Waals surface area contributed by atoms with E-state index in [9.17, 15) is 18.7 Å². The van der Waals surface area contributed by atoms with Gasteiger partial charge in [0.15, 0.2) is 0 Å². The number of likely N-dealkylation sites (tertiary alicyclic amines) is 1. The number of hydrogen-bond acceptors (Lipinski definition) is 4. The summed E-state index contributed by atoms with van der Waals surface area (Å²) >= 11 is 0. The van der Waals surface area contributed by atoms with Gasteiger partial charge in [0.05, 0.1) is 5.56 Å². The zero-order valence-electron chi connectivity index (χ0n) is 19.3. The average Bonchev–Trinajstić information content (AvgIpc) is 2.74. The highest BCUT2D eigenvalue weighted by molar-refractivity contribution is 5.92. The van der Waals surface area contributed by atoms with Crippen LogP contribution in [0.3, 0.4) is 0 Å². The van der Waals surface area contributed by atoms with E-state index in [0.717, 1.165) is 18.5 Å². The van der Waals surface area contributed by atoms with E-state index >= 15 is 0 Å². The minimum atomic E-state index is -2.59. The summed E-state index contributed by atoms with van der Waals surface area (Å²) in [6, 6.07) is 4.10. The number of carboxylic acid groups (broad SMARTS) is 1. The van der Waals surface area contributed by atoms with Crippen molar-refractivity contribution in [1.82, 2.24) is 4.90 Å². The molecular formula is C25H36F2N2O3. The third-order valence-electron chi connectivity index (χ3n) is 7.64. The SMILES string of the molecule is CCN(c1cc(OC2CC(N3CCCCC3)C2)cc(C(=O)O)c1C)C1CCC(F)(F)CC1. The fraction of sp³-hybridized carbons (Fsp3) is 0.720. The van der Waals surface area contributed by atoms with E-state index in [-0.39, 0.29) is 30.6 Å². The van der Waals surface area contributed by atoms with Gasteiger partial charge in [0.2, 0.25) is 5.92 Å². The molecule has 1 aromatic rings. The van der Waals surface area contributed by atoms with Crippen LogP contribution in [0.15, 0.2) is 12.1 Å². The molecule has 0 bridgehead atoms. The number of nitrogens with zero attached hydrogens (tertiary/aromatic N) is 2. The van der Waals surface area contributed by atoms with Gasteiger partial charge in [-0.15, -0.1) is 0 Å². The number of benzene rings is 1. The summed E-state index contributed by atoms with van der Waals surface area (Å²) in [5.74, 6) is -3.00. The van der Waals surface area contributed by atoms with Crippen LogP contribution in [0.25, 0.3) is 0 Å². The van der Waals surface area contributed by atoms with Crippen LogP contribution in [0.5, 0.6) is 5.75 Å². The first-order valence-corrected chi connectivity index (χ1v) is 12.2. The first-order valence-electron chi connectivity index (χ1n) is 12.2. The Morgan fingerprint density at radius 3 is 2.44 bits per heavy atom. The minimum absolute atomic E-state index is 0.0117. The molecule has 0 unspecified atom stereocenters. The Balaban J connectivity index is 1.49. The molecule has 1 N–H and O–H groups in total. The fourth-order valence-electron chi connectivity index (χ4n) is 5.63. The van der Waals surface area contributed by atoms with Gasteiger partial charge in [-0.05, 0) is 64.3 Å². The number of hydrogen-bond donors (Lipinski definition) is 1. The topological polar surface area (TPSA) is 53.0 Å². The number of anilines is 1. The zero-order chi connectivity index (χ0) is 22.9. The predicted molar refractivity (Wildman–Crippen MR) is 121 cm³/mol. The van der Waals surface area contributed by atoms with E-state index in [1.54, 1.807) is 13.0 Å². The molecular weight excluding hydrogens is 414 g/mol. The molecule has 1 saturated heterocycles. The maximum atomic E-state index is 13.7. The van der Waals surface area contributed by atoms with Crippen LogP contribution in [0.4, 0.5) is 14.5 Å². The molecule has 178 valence electrons. The summed E-state index contributed by atoms with van der Waals surface area (Å²) in [7, 11) is 0. The maximum Gasteiger partial charge on any atom is 0.336 e. The van der Waals surface area contributed by atoms with Gasteiger partial charge in [-0.1, -0.05) is 6.42 Å². The molecule has 4 rings (SSSR count).